The second kappa shape index (κ2) is 9.84. The van der Waals surface area contributed by atoms with Gasteiger partial charge in [-0.25, -0.2) is 4.68 Å². The van der Waals surface area contributed by atoms with E-state index in [2.05, 4.69) is 15.7 Å². The maximum absolute atomic E-state index is 13.7. The fraction of sp³-hybridized carbons (Fsp3) is 0.227. The summed E-state index contributed by atoms with van der Waals surface area (Å²) < 4.78 is 42.4. The zero-order chi connectivity index (χ0) is 24.3. The number of carbonyl (C=O) groups excluding carboxylic acids is 2. The van der Waals surface area contributed by atoms with Crippen LogP contribution in [0.5, 0.6) is 0 Å². The number of halogens is 5. The summed E-state index contributed by atoms with van der Waals surface area (Å²) in [6.07, 6.45) is -4.63. The molecule has 0 aliphatic carbocycles. The zero-order valence-corrected chi connectivity index (χ0v) is 19.1. The largest absolute Gasteiger partial charge is 0.416 e. The Bertz CT molecular complexity index is 1210. The number of amides is 2. The van der Waals surface area contributed by atoms with Crippen molar-refractivity contribution in [2.24, 2.45) is 0 Å². The van der Waals surface area contributed by atoms with Crippen LogP contribution in [-0.2, 0) is 17.5 Å². The molecule has 6 nitrogen and oxygen atoms in total. The molecule has 0 aliphatic heterocycles. The molecule has 0 spiro atoms. The van der Waals surface area contributed by atoms with E-state index in [1.807, 2.05) is 0 Å². The average Bonchev–Trinajstić information content (AvgIpc) is 3.07. The predicted octanol–water partition coefficient (Wildman–Crippen LogP) is 4.86. The topological polar surface area (TPSA) is 76.0 Å². The van der Waals surface area contributed by atoms with Crippen molar-refractivity contribution >= 4 is 35.0 Å². The first-order valence-electron chi connectivity index (χ1n) is 9.69. The molecule has 0 saturated carbocycles. The Balaban J connectivity index is 1.68. The summed E-state index contributed by atoms with van der Waals surface area (Å²) in [5, 5.41) is 9.42. The third kappa shape index (κ3) is 6.06. The molecule has 3 aromatic rings. The highest BCUT2D eigenvalue weighted by Gasteiger charge is 2.34. The molecule has 3 rings (SSSR count). The van der Waals surface area contributed by atoms with E-state index < -0.39 is 30.1 Å². The van der Waals surface area contributed by atoms with E-state index in [0.717, 1.165) is 6.07 Å². The van der Waals surface area contributed by atoms with Crippen molar-refractivity contribution in [3.05, 3.63) is 80.6 Å². The van der Waals surface area contributed by atoms with Gasteiger partial charge >= 0.3 is 6.18 Å². The smallest absolute Gasteiger partial charge is 0.350 e. The molecule has 174 valence electrons. The van der Waals surface area contributed by atoms with Gasteiger partial charge in [0.25, 0.3) is 5.91 Å². The van der Waals surface area contributed by atoms with Gasteiger partial charge in [-0.05, 0) is 55.8 Å². The van der Waals surface area contributed by atoms with E-state index in [9.17, 15) is 22.8 Å². The van der Waals surface area contributed by atoms with Crippen molar-refractivity contribution in [1.29, 1.82) is 0 Å². The first-order chi connectivity index (χ1) is 15.5. The summed E-state index contributed by atoms with van der Waals surface area (Å²) in [7, 11) is 0. The molecule has 11 heteroatoms. The first kappa shape index (κ1) is 24.6. The van der Waals surface area contributed by atoms with E-state index in [-0.39, 0.29) is 28.4 Å². The Hall–Kier alpha value is -3.04. The van der Waals surface area contributed by atoms with E-state index >= 15 is 0 Å². The lowest BCUT2D eigenvalue weighted by Gasteiger charge is -2.16. The van der Waals surface area contributed by atoms with Crippen molar-refractivity contribution in [2.45, 2.75) is 26.6 Å². The number of nitrogens with one attached hydrogen (secondary N) is 2. The lowest BCUT2D eigenvalue weighted by Crippen LogP contribution is -2.37. The molecule has 0 unspecified atom stereocenters. The monoisotopic (exact) mass is 498 g/mol. The fourth-order valence-electron chi connectivity index (χ4n) is 3.19. The van der Waals surface area contributed by atoms with Gasteiger partial charge in [0.1, 0.15) is 0 Å². The highest BCUT2D eigenvalue weighted by Crippen LogP contribution is 2.33. The van der Waals surface area contributed by atoms with Gasteiger partial charge in [-0.1, -0.05) is 29.3 Å². The van der Waals surface area contributed by atoms with Crippen LogP contribution in [-0.4, -0.2) is 28.1 Å². The number of nitrogens with zero attached hydrogens (tertiary/aromatic N) is 2. The summed E-state index contributed by atoms with van der Waals surface area (Å²) in [5.74, 6) is -1.28. The molecular weight excluding hydrogens is 480 g/mol. The minimum absolute atomic E-state index is 0.109. The van der Waals surface area contributed by atoms with E-state index in [1.54, 1.807) is 19.9 Å². The number of alkyl halides is 3. The second-order valence-corrected chi connectivity index (χ2v) is 8.11. The minimum Gasteiger partial charge on any atom is -0.350 e. The molecule has 2 N–H and O–H groups in total. The van der Waals surface area contributed by atoms with Gasteiger partial charge in [0.05, 0.1) is 34.1 Å². The SMILES string of the molecule is Cc1cc(C)n(-c2ccc(CNC(=O)CNC(=O)c3ccc(Cl)cc3Cl)c(C(F)(F)F)c2)n1. The molecule has 0 atom stereocenters. The quantitative estimate of drug-likeness (QED) is 0.509. The van der Waals surface area contributed by atoms with Crippen LogP contribution in [0.4, 0.5) is 13.2 Å². The molecule has 2 amide bonds. The molecule has 0 saturated heterocycles. The van der Waals surface area contributed by atoms with Gasteiger partial charge in [0.2, 0.25) is 5.91 Å². The van der Waals surface area contributed by atoms with Crippen LogP contribution >= 0.6 is 23.2 Å². The summed E-state index contributed by atoms with van der Waals surface area (Å²) in [4.78, 5) is 24.3. The van der Waals surface area contributed by atoms with Gasteiger partial charge in [-0.2, -0.15) is 18.3 Å². The van der Waals surface area contributed by atoms with Gasteiger partial charge in [0, 0.05) is 17.3 Å². The molecule has 1 heterocycles. The predicted molar refractivity (Wildman–Crippen MR) is 119 cm³/mol. The molecule has 1 aromatic heterocycles. The van der Waals surface area contributed by atoms with E-state index in [0.29, 0.717) is 16.4 Å². The molecule has 0 aliphatic rings. The lowest BCUT2D eigenvalue weighted by atomic mass is 10.1. The van der Waals surface area contributed by atoms with Gasteiger partial charge in [-0.15, -0.1) is 0 Å². The highest BCUT2D eigenvalue weighted by atomic mass is 35.5. The molecule has 0 radical (unpaired) electrons. The van der Waals surface area contributed by atoms with E-state index in [4.69, 9.17) is 23.2 Å². The summed E-state index contributed by atoms with van der Waals surface area (Å²) in [6.45, 7) is 2.68. The average molecular weight is 499 g/mol. The van der Waals surface area contributed by atoms with Crippen LogP contribution in [0.15, 0.2) is 42.5 Å². The number of benzene rings is 2. The van der Waals surface area contributed by atoms with Crippen LogP contribution in [0.1, 0.15) is 32.9 Å². The third-order valence-electron chi connectivity index (χ3n) is 4.71. The Morgan fingerprint density at radius 3 is 2.36 bits per heavy atom. The highest BCUT2D eigenvalue weighted by molar-refractivity contribution is 6.36. The van der Waals surface area contributed by atoms with Crippen LogP contribution in [0, 0.1) is 13.8 Å². The first-order valence-corrected chi connectivity index (χ1v) is 10.4. The number of carbonyl (C=O) groups is 2. The van der Waals surface area contributed by atoms with Crippen LogP contribution in [0.25, 0.3) is 5.69 Å². The summed E-state index contributed by atoms with van der Waals surface area (Å²) in [6, 6.07) is 9.79. The maximum Gasteiger partial charge on any atom is 0.416 e. The Kier molecular flexibility index (Phi) is 7.34. The van der Waals surface area contributed by atoms with Gasteiger partial charge in [-0.3, -0.25) is 9.59 Å². The standard InChI is InChI=1S/C22H19Cl2F3N4O2/c1-12-7-13(2)31(30-12)16-5-3-14(18(9-16)22(25,26)27)10-28-20(32)11-29-21(33)17-6-4-15(23)8-19(17)24/h3-9H,10-11H2,1-2H3,(H,28,32)(H,29,33). The molecule has 0 bridgehead atoms. The van der Waals surface area contributed by atoms with Crippen molar-refractivity contribution in [3.63, 3.8) is 0 Å². The number of hydrogen-bond acceptors (Lipinski definition) is 3. The molecular formula is C22H19Cl2F3N4O2. The van der Waals surface area contributed by atoms with Crippen LogP contribution in [0.3, 0.4) is 0 Å². The van der Waals surface area contributed by atoms with Crippen LogP contribution < -0.4 is 10.6 Å². The second-order valence-electron chi connectivity index (χ2n) is 7.26. The zero-order valence-electron chi connectivity index (χ0n) is 17.6. The number of aromatic nitrogens is 2. The Labute approximate surface area is 197 Å². The van der Waals surface area contributed by atoms with Crippen LogP contribution in [0.2, 0.25) is 10.0 Å². The third-order valence-corrected chi connectivity index (χ3v) is 5.26. The van der Waals surface area contributed by atoms with Crippen molar-refractivity contribution in [3.8, 4) is 5.69 Å². The van der Waals surface area contributed by atoms with Crippen molar-refractivity contribution < 1.29 is 22.8 Å². The number of aryl methyl sites for hydroxylation is 2. The summed E-state index contributed by atoms with van der Waals surface area (Å²) >= 11 is 11.7. The summed E-state index contributed by atoms with van der Waals surface area (Å²) in [5.41, 5.74) is 0.749. The molecule has 2 aromatic carbocycles. The van der Waals surface area contributed by atoms with Gasteiger partial charge in [0.15, 0.2) is 0 Å². The van der Waals surface area contributed by atoms with Gasteiger partial charge < -0.3 is 10.6 Å². The maximum atomic E-state index is 13.7. The number of hydrogen-bond donors (Lipinski definition) is 2. The van der Waals surface area contributed by atoms with E-state index in [1.165, 1.54) is 35.0 Å². The lowest BCUT2D eigenvalue weighted by molar-refractivity contribution is -0.138. The number of rotatable bonds is 6. The van der Waals surface area contributed by atoms with Crippen molar-refractivity contribution in [1.82, 2.24) is 20.4 Å². The van der Waals surface area contributed by atoms with Crippen molar-refractivity contribution in [2.75, 3.05) is 6.54 Å². The Morgan fingerprint density at radius 1 is 1.03 bits per heavy atom. The normalized spacial score (nSPS) is 11.4. The minimum atomic E-state index is -4.63. The Morgan fingerprint density at radius 2 is 1.76 bits per heavy atom. The molecule has 33 heavy (non-hydrogen) atoms. The fourth-order valence-corrected chi connectivity index (χ4v) is 3.68. The molecule has 0 fully saturated rings.